The summed E-state index contributed by atoms with van der Waals surface area (Å²) in [6.07, 6.45) is 4.18. The van der Waals surface area contributed by atoms with Crippen LogP contribution in [0, 0.1) is 6.92 Å². The Hall–Kier alpha value is -3.38. The zero-order valence-corrected chi connectivity index (χ0v) is 18.2. The lowest BCUT2D eigenvalue weighted by Crippen LogP contribution is -2.23. The normalized spacial score (nSPS) is 18.3. The van der Waals surface area contributed by atoms with Crippen LogP contribution in [-0.2, 0) is 6.54 Å². The molecule has 0 amide bonds. The third-order valence-corrected chi connectivity index (χ3v) is 6.44. The molecule has 0 bridgehead atoms. The average Bonchev–Trinajstić information content (AvgIpc) is 3.48. The Balaban J connectivity index is 1.23. The largest absolute Gasteiger partial charge is 0.486 e. The summed E-state index contributed by atoms with van der Waals surface area (Å²) in [5, 5.41) is 4.44. The maximum Gasteiger partial charge on any atom is 0.161 e. The van der Waals surface area contributed by atoms with E-state index in [1.54, 1.807) is 6.20 Å². The highest BCUT2D eigenvalue weighted by molar-refractivity contribution is 5.63. The van der Waals surface area contributed by atoms with Crippen molar-refractivity contribution in [1.29, 1.82) is 0 Å². The topological polar surface area (TPSA) is 51.9 Å². The second-order valence-electron chi connectivity index (χ2n) is 8.61. The molecular weight excluding hydrogens is 400 g/mol. The van der Waals surface area contributed by atoms with Gasteiger partial charge in [0, 0.05) is 29.9 Å². The molecule has 1 atom stereocenters. The molecule has 0 spiro atoms. The van der Waals surface area contributed by atoms with E-state index in [9.17, 15) is 0 Å². The predicted molar refractivity (Wildman–Crippen MR) is 123 cm³/mol. The molecular formula is C26H26N4O2. The van der Waals surface area contributed by atoms with Gasteiger partial charge in [0.25, 0.3) is 0 Å². The van der Waals surface area contributed by atoms with Gasteiger partial charge in [-0.05, 0) is 55.6 Å². The maximum atomic E-state index is 5.81. The van der Waals surface area contributed by atoms with Gasteiger partial charge in [0.1, 0.15) is 13.2 Å². The molecule has 6 heteroatoms. The van der Waals surface area contributed by atoms with Crippen LogP contribution < -0.4 is 9.47 Å². The number of hydrogen-bond donors (Lipinski definition) is 0. The van der Waals surface area contributed by atoms with Crippen LogP contribution in [0.1, 0.15) is 35.7 Å². The van der Waals surface area contributed by atoms with Crippen molar-refractivity contribution in [1.82, 2.24) is 19.5 Å². The standard InChI is InChI=1S/C26H26N4O2/c1-18-15-23(30-26(28-18)10-11-27-30)20-6-4-19(5-7-20)17-29-12-2-3-22(29)21-8-9-24-25(16-21)32-14-13-31-24/h4-11,15-16,22H,2-3,12-14,17H2,1H3/t22-/m0/s1. The third-order valence-electron chi connectivity index (χ3n) is 6.44. The summed E-state index contributed by atoms with van der Waals surface area (Å²) < 4.78 is 13.4. The fourth-order valence-electron chi connectivity index (χ4n) is 4.92. The van der Waals surface area contributed by atoms with Crippen LogP contribution in [0.25, 0.3) is 16.9 Å². The molecule has 1 saturated heterocycles. The first-order valence-electron chi connectivity index (χ1n) is 11.3. The summed E-state index contributed by atoms with van der Waals surface area (Å²) in [4.78, 5) is 7.12. The van der Waals surface area contributed by atoms with E-state index < -0.39 is 0 Å². The summed E-state index contributed by atoms with van der Waals surface area (Å²) >= 11 is 0. The van der Waals surface area contributed by atoms with Crippen LogP contribution in [0.4, 0.5) is 0 Å². The van der Waals surface area contributed by atoms with Crippen molar-refractivity contribution in [3.8, 4) is 22.8 Å². The van der Waals surface area contributed by atoms with Crippen LogP contribution in [-0.4, -0.2) is 39.3 Å². The lowest BCUT2D eigenvalue weighted by molar-refractivity contribution is 0.170. The highest BCUT2D eigenvalue weighted by Gasteiger charge is 2.27. The van der Waals surface area contributed by atoms with E-state index in [2.05, 4.69) is 63.5 Å². The molecule has 6 rings (SSSR count). The number of rotatable bonds is 4. The van der Waals surface area contributed by atoms with Crippen molar-refractivity contribution in [3.63, 3.8) is 0 Å². The molecule has 0 unspecified atom stereocenters. The van der Waals surface area contributed by atoms with Crippen molar-refractivity contribution in [2.75, 3.05) is 19.8 Å². The molecule has 2 aliphatic rings. The Morgan fingerprint density at radius 2 is 1.81 bits per heavy atom. The van der Waals surface area contributed by atoms with Gasteiger partial charge in [-0.15, -0.1) is 0 Å². The summed E-state index contributed by atoms with van der Waals surface area (Å²) in [7, 11) is 0. The molecule has 0 saturated carbocycles. The highest BCUT2D eigenvalue weighted by atomic mass is 16.6. The Morgan fingerprint density at radius 3 is 2.69 bits per heavy atom. The lowest BCUT2D eigenvalue weighted by Gasteiger charge is -2.26. The van der Waals surface area contributed by atoms with Crippen molar-refractivity contribution in [2.24, 2.45) is 0 Å². The second-order valence-corrected chi connectivity index (χ2v) is 8.61. The number of benzene rings is 2. The Morgan fingerprint density at radius 1 is 0.969 bits per heavy atom. The van der Waals surface area contributed by atoms with Gasteiger partial charge in [0.15, 0.2) is 17.1 Å². The molecule has 0 radical (unpaired) electrons. The summed E-state index contributed by atoms with van der Waals surface area (Å²) in [5.74, 6) is 1.74. The molecule has 4 heterocycles. The molecule has 4 aromatic rings. The second kappa shape index (κ2) is 7.95. The summed E-state index contributed by atoms with van der Waals surface area (Å²) in [6.45, 7) is 5.32. The average molecular weight is 427 g/mol. The Kier molecular flexibility index (Phi) is 4.80. The van der Waals surface area contributed by atoms with E-state index in [1.165, 1.54) is 24.0 Å². The maximum absolute atomic E-state index is 5.81. The molecule has 1 fully saturated rings. The van der Waals surface area contributed by atoms with E-state index >= 15 is 0 Å². The molecule has 2 aromatic carbocycles. The van der Waals surface area contributed by atoms with Gasteiger partial charge < -0.3 is 9.47 Å². The van der Waals surface area contributed by atoms with E-state index in [0.29, 0.717) is 19.3 Å². The van der Waals surface area contributed by atoms with Gasteiger partial charge in [0.2, 0.25) is 0 Å². The zero-order chi connectivity index (χ0) is 21.5. The van der Waals surface area contributed by atoms with Crippen LogP contribution in [0.15, 0.2) is 60.8 Å². The van der Waals surface area contributed by atoms with E-state index in [4.69, 9.17) is 9.47 Å². The van der Waals surface area contributed by atoms with Crippen molar-refractivity contribution < 1.29 is 9.47 Å². The molecule has 2 aromatic heterocycles. The van der Waals surface area contributed by atoms with Crippen molar-refractivity contribution in [2.45, 2.75) is 32.4 Å². The minimum absolute atomic E-state index is 0.414. The fraction of sp³-hybridized carbons (Fsp3) is 0.308. The minimum atomic E-state index is 0.414. The number of fused-ring (bicyclic) bond motifs is 2. The first kappa shape index (κ1) is 19.3. The minimum Gasteiger partial charge on any atom is -0.486 e. The first-order chi connectivity index (χ1) is 15.7. The van der Waals surface area contributed by atoms with Gasteiger partial charge in [-0.2, -0.15) is 5.10 Å². The summed E-state index contributed by atoms with van der Waals surface area (Å²) in [6, 6.07) is 19.7. The Labute approximate surface area is 187 Å². The number of hydrogen-bond acceptors (Lipinski definition) is 5. The SMILES string of the molecule is Cc1cc(-c2ccc(CN3CCC[C@H]3c3ccc4c(c3)OCCO4)cc2)n2nccc2n1. The first-order valence-corrected chi connectivity index (χ1v) is 11.3. The van der Waals surface area contributed by atoms with Gasteiger partial charge in [-0.25, -0.2) is 9.50 Å². The van der Waals surface area contributed by atoms with Gasteiger partial charge in [0.05, 0.1) is 11.9 Å². The number of nitrogens with zero attached hydrogens (tertiary/aromatic N) is 4. The van der Waals surface area contributed by atoms with Gasteiger partial charge in [-0.1, -0.05) is 30.3 Å². The number of aromatic nitrogens is 3. The fourth-order valence-corrected chi connectivity index (χ4v) is 4.92. The smallest absolute Gasteiger partial charge is 0.161 e. The Bertz CT molecular complexity index is 1260. The number of likely N-dealkylation sites (tertiary alicyclic amines) is 1. The highest BCUT2D eigenvalue weighted by Crippen LogP contribution is 2.38. The van der Waals surface area contributed by atoms with Gasteiger partial charge >= 0.3 is 0 Å². The van der Waals surface area contributed by atoms with Crippen molar-refractivity contribution in [3.05, 3.63) is 77.6 Å². The van der Waals surface area contributed by atoms with Crippen LogP contribution in [0.3, 0.4) is 0 Å². The predicted octanol–water partition coefficient (Wildman–Crippen LogP) is 4.81. The summed E-state index contributed by atoms with van der Waals surface area (Å²) in [5.41, 5.74) is 6.73. The van der Waals surface area contributed by atoms with E-state index in [-0.39, 0.29) is 0 Å². The van der Waals surface area contributed by atoms with Crippen LogP contribution in [0.5, 0.6) is 11.5 Å². The number of ether oxygens (including phenoxy) is 2. The monoisotopic (exact) mass is 426 g/mol. The van der Waals surface area contributed by atoms with Crippen LogP contribution >= 0.6 is 0 Å². The van der Waals surface area contributed by atoms with Crippen LogP contribution in [0.2, 0.25) is 0 Å². The number of aryl methyl sites for hydroxylation is 1. The van der Waals surface area contributed by atoms with E-state index in [1.807, 2.05) is 17.5 Å². The molecule has 162 valence electrons. The molecule has 0 N–H and O–H groups in total. The van der Waals surface area contributed by atoms with E-state index in [0.717, 1.165) is 47.2 Å². The molecule has 32 heavy (non-hydrogen) atoms. The van der Waals surface area contributed by atoms with Gasteiger partial charge in [-0.3, -0.25) is 4.90 Å². The third kappa shape index (κ3) is 3.50. The quantitative estimate of drug-likeness (QED) is 0.469. The molecule has 2 aliphatic heterocycles. The van der Waals surface area contributed by atoms with Crippen molar-refractivity contribution >= 4 is 5.65 Å². The lowest BCUT2D eigenvalue weighted by atomic mass is 10.0. The molecule has 0 aliphatic carbocycles. The zero-order valence-electron chi connectivity index (χ0n) is 18.2. The molecule has 6 nitrogen and oxygen atoms in total.